The number of fused-ring (bicyclic) bond motifs is 1. The predicted molar refractivity (Wildman–Crippen MR) is 87.8 cm³/mol. The van der Waals surface area contributed by atoms with Crippen LogP contribution < -0.4 is 0 Å². The zero-order valence-corrected chi connectivity index (χ0v) is 13.9. The standard InChI is InChI=1S/C18H24ClNO2/c1-2-18(22)9-3-4-14-11-20(12-16(14)18)17(21)10-13-5-7-15(19)8-6-13/h5-8,14,16,22H,2-4,9-12H2,1H3/t14-,16+,18-/m1/s1. The van der Waals surface area contributed by atoms with E-state index in [9.17, 15) is 9.90 Å². The fourth-order valence-corrected chi connectivity index (χ4v) is 4.29. The third-order valence-electron chi connectivity index (χ3n) is 5.55. The van der Waals surface area contributed by atoms with Crippen molar-refractivity contribution in [2.75, 3.05) is 13.1 Å². The van der Waals surface area contributed by atoms with E-state index in [4.69, 9.17) is 11.6 Å². The Balaban J connectivity index is 1.66. The first kappa shape index (κ1) is 15.8. The van der Waals surface area contributed by atoms with Crippen molar-refractivity contribution in [1.82, 2.24) is 4.90 Å². The van der Waals surface area contributed by atoms with E-state index in [-0.39, 0.29) is 11.8 Å². The molecule has 1 saturated carbocycles. The van der Waals surface area contributed by atoms with Gasteiger partial charge >= 0.3 is 0 Å². The largest absolute Gasteiger partial charge is 0.390 e. The van der Waals surface area contributed by atoms with Gasteiger partial charge in [-0.3, -0.25) is 4.79 Å². The van der Waals surface area contributed by atoms with Crippen LogP contribution in [0.5, 0.6) is 0 Å². The van der Waals surface area contributed by atoms with Gasteiger partial charge in [-0.2, -0.15) is 0 Å². The Kier molecular flexibility index (Phi) is 4.47. The maximum absolute atomic E-state index is 12.6. The highest BCUT2D eigenvalue weighted by Gasteiger charge is 2.48. The summed E-state index contributed by atoms with van der Waals surface area (Å²) in [6.45, 7) is 3.57. The lowest BCUT2D eigenvalue weighted by Gasteiger charge is -2.40. The molecule has 2 aliphatic rings. The Labute approximate surface area is 137 Å². The molecule has 0 aromatic heterocycles. The lowest BCUT2D eigenvalue weighted by atomic mass is 9.69. The minimum absolute atomic E-state index is 0.162. The number of likely N-dealkylation sites (tertiary alicyclic amines) is 1. The lowest BCUT2D eigenvalue weighted by Crippen LogP contribution is -2.44. The van der Waals surface area contributed by atoms with Gasteiger partial charge in [-0.25, -0.2) is 0 Å². The number of halogens is 1. The second-order valence-electron chi connectivity index (χ2n) is 6.82. The highest BCUT2D eigenvalue weighted by atomic mass is 35.5. The average molecular weight is 322 g/mol. The first-order chi connectivity index (χ1) is 10.5. The molecule has 1 aliphatic carbocycles. The first-order valence-corrected chi connectivity index (χ1v) is 8.64. The zero-order valence-electron chi connectivity index (χ0n) is 13.1. The van der Waals surface area contributed by atoms with Crippen LogP contribution in [0.3, 0.4) is 0 Å². The van der Waals surface area contributed by atoms with Crippen molar-refractivity contribution in [2.45, 2.75) is 44.6 Å². The molecule has 0 unspecified atom stereocenters. The molecule has 1 amide bonds. The van der Waals surface area contributed by atoms with Crippen LogP contribution in [0.2, 0.25) is 5.02 Å². The van der Waals surface area contributed by atoms with Crippen LogP contribution in [0.4, 0.5) is 0 Å². The van der Waals surface area contributed by atoms with Crippen molar-refractivity contribution in [2.24, 2.45) is 11.8 Å². The lowest BCUT2D eigenvalue weighted by molar-refractivity contribution is -0.130. The zero-order chi connectivity index (χ0) is 15.7. The minimum Gasteiger partial charge on any atom is -0.390 e. The van der Waals surface area contributed by atoms with Gasteiger partial charge in [0.15, 0.2) is 0 Å². The molecule has 4 heteroatoms. The topological polar surface area (TPSA) is 40.5 Å². The molecule has 0 bridgehead atoms. The van der Waals surface area contributed by atoms with E-state index in [1.165, 1.54) is 0 Å². The van der Waals surface area contributed by atoms with Gasteiger partial charge in [0.2, 0.25) is 5.91 Å². The number of nitrogens with zero attached hydrogens (tertiary/aromatic N) is 1. The van der Waals surface area contributed by atoms with Gasteiger partial charge in [0.1, 0.15) is 0 Å². The number of hydrogen-bond donors (Lipinski definition) is 1. The van der Waals surface area contributed by atoms with E-state index in [0.29, 0.717) is 23.9 Å². The van der Waals surface area contributed by atoms with E-state index in [1.54, 1.807) is 0 Å². The van der Waals surface area contributed by atoms with E-state index in [2.05, 4.69) is 6.92 Å². The molecule has 120 valence electrons. The summed E-state index contributed by atoms with van der Waals surface area (Å²) in [5.74, 6) is 0.878. The summed E-state index contributed by atoms with van der Waals surface area (Å²) in [4.78, 5) is 14.5. The van der Waals surface area contributed by atoms with Crippen molar-refractivity contribution < 1.29 is 9.90 Å². The summed E-state index contributed by atoms with van der Waals surface area (Å²) < 4.78 is 0. The molecule has 1 heterocycles. The second kappa shape index (κ2) is 6.21. The monoisotopic (exact) mass is 321 g/mol. The summed E-state index contributed by atoms with van der Waals surface area (Å²) in [6, 6.07) is 7.46. The third kappa shape index (κ3) is 3.02. The smallest absolute Gasteiger partial charge is 0.227 e. The molecular formula is C18H24ClNO2. The molecule has 3 nitrogen and oxygen atoms in total. The third-order valence-corrected chi connectivity index (χ3v) is 5.80. The molecule has 0 spiro atoms. The van der Waals surface area contributed by atoms with E-state index in [0.717, 1.165) is 37.8 Å². The predicted octanol–water partition coefficient (Wildman–Crippen LogP) is 3.28. The molecule has 0 radical (unpaired) electrons. The number of amides is 1. The van der Waals surface area contributed by atoms with E-state index >= 15 is 0 Å². The average Bonchev–Trinajstić information content (AvgIpc) is 2.96. The van der Waals surface area contributed by atoms with Crippen LogP contribution in [0, 0.1) is 11.8 Å². The van der Waals surface area contributed by atoms with Gasteiger partial charge in [-0.15, -0.1) is 0 Å². The SMILES string of the molecule is CC[C@@]1(O)CCC[C@@H]2CN(C(=O)Cc3ccc(Cl)cc3)C[C@@H]21. The maximum atomic E-state index is 12.6. The molecule has 1 N–H and O–H groups in total. The summed E-state index contributed by atoms with van der Waals surface area (Å²) in [5, 5.41) is 11.5. The number of aliphatic hydroxyl groups is 1. The molecular weight excluding hydrogens is 298 g/mol. The first-order valence-electron chi connectivity index (χ1n) is 8.26. The summed E-state index contributed by atoms with van der Waals surface area (Å²) in [7, 11) is 0. The fourth-order valence-electron chi connectivity index (χ4n) is 4.16. The fraction of sp³-hybridized carbons (Fsp3) is 0.611. The van der Waals surface area contributed by atoms with Crippen molar-refractivity contribution >= 4 is 17.5 Å². The van der Waals surface area contributed by atoms with Gasteiger partial charge < -0.3 is 10.0 Å². The van der Waals surface area contributed by atoms with Gasteiger partial charge in [-0.05, 0) is 42.9 Å². The van der Waals surface area contributed by atoms with Crippen LogP contribution in [-0.4, -0.2) is 34.6 Å². The highest BCUT2D eigenvalue weighted by Crippen LogP contribution is 2.44. The highest BCUT2D eigenvalue weighted by molar-refractivity contribution is 6.30. The van der Waals surface area contributed by atoms with Crippen molar-refractivity contribution in [3.63, 3.8) is 0 Å². The summed E-state index contributed by atoms with van der Waals surface area (Å²) in [6.07, 6.45) is 4.29. The van der Waals surface area contributed by atoms with Crippen LogP contribution in [-0.2, 0) is 11.2 Å². The van der Waals surface area contributed by atoms with Crippen molar-refractivity contribution in [1.29, 1.82) is 0 Å². The molecule has 22 heavy (non-hydrogen) atoms. The number of hydrogen-bond acceptors (Lipinski definition) is 2. The van der Waals surface area contributed by atoms with Crippen molar-refractivity contribution in [3.8, 4) is 0 Å². The molecule has 1 aliphatic heterocycles. The Morgan fingerprint density at radius 2 is 2.09 bits per heavy atom. The maximum Gasteiger partial charge on any atom is 0.227 e. The second-order valence-corrected chi connectivity index (χ2v) is 7.25. The van der Waals surface area contributed by atoms with Crippen LogP contribution >= 0.6 is 11.6 Å². The molecule has 2 fully saturated rings. The Morgan fingerprint density at radius 1 is 1.36 bits per heavy atom. The number of rotatable bonds is 3. The number of carbonyl (C=O) groups excluding carboxylic acids is 1. The van der Waals surface area contributed by atoms with Crippen LogP contribution in [0.25, 0.3) is 0 Å². The van der Waals surface area contributed by atoms with E-state index in [1.807, 2.05) is 29.2 Å². The molecule has 3 rings (SSSR count). The Bertz CT molecular complexity index is 545. The molecule has 1 aromatic rings. The molecule has 1 aromatic carbocycles. The Morgan fingerprint density at radius 3 is 2.77 bits per heavy atom. The van der Waals surface area contributed by atoms with Crippen LogP contribution in [0.15, 0.2) is 24.3 Å². The summed E-state index contributed by atoms with van der Waals surface area (Å²) >= 11 is 5.88. The van der Waals surface area contributed by atoms with Gasteiger partial charge in [0.25, 0.3) is 0 Å². The van der Waals surface area contributed by atoms with Crippen molar-refractivity contribution in [3.05, 3.63) is 34.9 Å². The minimum atomic E-state index is -0.571. The molecule has 3 atom stereocenters. The number of carbonyl (C=O) groups is 1. The molecule has 1 saturated heterocycles. The quantitative estimate of drug-likeness (QED) is 0.928. The van der Waals surface area contributed by atoms with Gasteiger partial charge in [0.05, 0.1) is 12.0 Å². The summed E-state index contributed by atoms with van der Waals surface area (Å²) in [5.41, 5.74) is 0.424. The van der Waals surface area contributed by atoms with E-state index < -0.39 is 5.60 Å². The normalized spacial score (nSPS) is 31.1. The number of benzene rings is 1. The van der Waals surface area contributed by atoms with Gasteiger partial charge in [0, 0.05) is 24.0 Å². The Hall–Kier alpha value is -1.06. The van der Waals surface area contributed by atoms with Crippen LogP contribution in [0.1, 0.15) is 38.2 Å². The van der Waals surface area contributed by atoms with Gasteiger partial charge in [-0.1, -0.05) is 37.1 Å².